The van der Waals surface area contributed by atoms with Crippen LogP contribution in [0.3, 0.4) is 0 Å². The van der Waals surface area contributed by atoms with Crippen molar-refractivity contribution < 1.29 is 14.3 Å². The maximum atomic E-state index is 11.9. The molecule has 0 aromatic heterocycles. The minimum atomic E-state index is -0.240. The summed E-state index contributed by atoms with van der Waals surface area (Å²) in [6.07, 6.45) is 1.39. The van der Waals surface area contributed by atoms with E-state index in [9.17, 15) is 4.79 Å². The molecule has 0 saturated carbocycles. The molecule has 1 rings (SSSR count). The molecule has 0 aliphatic rings. The van der Waals surface area contributed by atoms with Gasteiger partial charge in [0, 0.05) is 0 Å². The molecule has 0 aliphatic carbocycles. The molecule has 0 fully saturated rings. The van der Waals surface area contributed by atoms with E-state index in [0.29, 0.717) is 6.61 Å². The number of carbonyl (C=O) groups is 1. The van der Waals surface area contributed by atoms with E-state index in [1.807, 2.05) is 32.9 Å². The summed E-state index contributed by atoms with van der Waals surface area (Å²) >= 11 is 0. The summed E-state index contributed by atoms with van der Waals surface area (Å²) in [5.41, 5.74) is 1.41. The van der Waals surface area contributed by atoms with Crippen LogP contribution >= 0.6 is 0 Å². The molecule has 3 heteroatoms. The maximum absolute atomic E-state index is 11.9. The molecule has 1 atom stereocenters. The fraction of sp³-hybridized carbons (Fsp3) is 0.632. The third kappa shape index (κ3) is 5.70. The van der Waals surface area contributed by atoms with Gasteiger partial charge in [0.15, 0.2) is 0 Å². The van der Waals surface area contributed by atoms with Gasteiger partial charge in [0.05, 0.1) is 5.92 Å². The van der Waals surface area contributed by atoms with Crippen molar-refractivity contribution in [1.29, 1.82) is 0 Å². The minimum Gasteiger partial charge on any atom is -0.490 e. The van der Waals surface area contributed by atoms with Crippen LogP contribution in [0.25, 0.3) is 0 Å². The van der Waals surface area contributed by atoms with Crippen molar-refractivity contribution in [3.05, 3.63) is 29.8 Å². The average Bonchev–Trinajstić information content (AvgIpc) is 2.46. The van der Waals surface area contributed by atoms with E-state index in [4.69, 9.17) is 9.47 Å². The molecule has 1 aromatic carbocycles. The van der Waals surface area contributed by atoms with E-state index in [0.717, 1.165) is 18.6 Å². The Morgan fingerprint density at radius 3 is 2.09 bits per heavy atom. The first-order valence-electron chi connectivity index (χ1n) is 8.21. The van der Waals surface area contributed by atoms with E-state index >= 15 is 0 Å². The van der Waals surface area contributed by atoms with Crippen molar-refractivity contribution in [3.8, 4) is 5.75 Å². The van der Waals surface area contributed by atoms with E-state index < -0.39 is 0 Å². The SMILES string of the molecule is CCC(CC)C(=O)O[C@@H](C)COc1ccc(C(C)(C)C)cc1. The highest BCUT2D eigenvalue weighted by molar-refractivity contribution is 5.72. The van der Waals surface area contributed by atoms with Crippen LogP contribution in [0.4, 0.5) is 0 Å². The highest BCUT2D eigenvalue weighted by Crippen LogP contribution is 2.24. The molecule has 0 spiro atoms. The molecule has 1 aromatic rings. The average molecular weight is 306 g/mol. The van der Waals surface area contributed by atoms with Crippen LogP contribution in [0, 0.1) is 5.92 Å². The molecule has 3 nitrogen and oxygen atoms in total. The Kier molecular flexibility index (Phi) is 6.92. The van der Waals surface area contributed by atoms with Gasteiger partial charge < -0.3 is 9.47 Å². The van der Waals surface area contributed by atoms with Crippen molar-refractivity contribution in [3.63, 3.8) is 0 Å². The van der Waals surface area contributed by atoms with Crippen LogP contribution in [0.2, 0.25) is 0 Å². The second-order valence-corrected chi connectivity index (χ2v) is 6.85. The molecular weight excluding hydrogens is 276 g/mol. The zero-order valence-electron chi connectivity index (χ0n) is 14.8. The molecule has 0 amide bonds. The topological polar surface area (TPSA) is 35.5 Å². The number of ether oxygens (including phenoxy) is 2. The van der Waals surface area contributed by atoms with Crippen molar-refractivity contribution in [1.82, 2.24) is 0 Å². The Labute approximate surface area is 135 Å². The van der Waals surface area contributed by atoms with E-state index in [-0.39, 0.29) is 23.4 Å². The zero-order valence-corrected chi connectivity index (χ0v) is 14.8. The number of rotatable bonds is 7. The molecule has 0 bridgehead atoms. The van der Waals surface area contributed by atoms with Gasteiger partial charge in [-0.2, -0.15) is 0 Å². The Hall–Kier alpha value is -1.51. The monoisotopic (exact) mass is 306 g/mol. The second kappa shape index (κ2) is 8.21. The molecule has 0 unspecified atom stereocenters. The lowest BCUT2D eigenvalue weighted by atomic mass is 9.87. The lowest BCUT2D eigenvalue weighted by Gasteiger charge is -2.20. The van der Waals surface area contributed by atoms with Gasteiger partial charge in [-0.15, -0.1) is 0 Å². The molecule has 0 aliphatic heterocycles. The fourth-order valence-electron chi connectivity index (χ4n) is 2.22. The highest BCUT2D eigenvalue weighted by atomic mass is 16.6. The summed E-state index contributed by atoms with van der Waals surface area (Å²) in [6, 6.07) is 8.10. The quantitative estimate of drug-likeness (QED) is 0.683. The van der Waals surface area contributed by atoms with Gasteiger partial charge in [0.25, 0.3) is 0 Å². The van der Waals surface area contributed by atoms with E-state index in [2.05, 4.69) is 32.9 Å². The Morgan fingerprint density at radius 2 is 1.64 bits per heavy atom. The van der Waals surface area contributed by atoms with Gasteiger partial charge in [-0.05, 0) is 42.9 Å². The number of hydrogen-bond acceptors (Lipinski definition) is 3. The second-order valence-electron chi connectivity index (χ2n) is 6.85. The van der Waals surface area contributed by atoms with Crippen LogP contribution in [0.5, 0.6) is 5.75 Å². The molecule has 22 heavy (non-hydrogen) atoms. The van der Waals surface area contributed by atoms with E-state index in [1.165, 1.54) is 5.56 Å². The van der Waals surface area contributed by atoms with Gasteiger partial charge in [-0.25, -0.2) is 0 Å². The molecule has 0 radical (unpaired) electrons. The summed E-state index contributed by atoms with van der Waals surface area (Å²) in [6.45, 7) is 12.8. The molecule has 124 valence electrons. The first kappa shape index (κ1) is 18.5. The molecule has 0 N–H and O–H groups in total. The summed E-state index contributed by atoms with van der Waals surface area (Å²) in [5.74, 6) is 0.677. The summed E-state index contributed by atoms with van der Waals surface area (Å²) in [4.78, 5) is 11.9. The number of esters is 1. The fourth-order valence-corrected chi connectivity index (χ4v) is 2.22. The lowest BCUT2D eigenvalue weighted by molar-refractivity contribution is -0.154. The number of benzene rings is 1. The zero-order chi connectivity index (χ0) is 16.8. The van der Waals surface area contributed by atoms with Gasteiger partial charge in [-0.3, -0.25) is 4.79 Å². The highest BCUT2D eigenvalue weighted by Gasteiger charge is 2.19. The third-order valence-electron chi connectivity index (χ3n) is 3.84. The standard InChI is InChI=1S/C19H30O3/c1-7-15(8-2)18(20)22-14(3)13-21-17-11-9-16(10-12-17)19(4,5)6/h9-12,14-15H,7-8,13H2,1-6H3/t14-/m0/s1. The van der Waals surface area contributed by atoms with Crippen LogP contribution < -0.4 is 4.74 Å². The van der Waals surface area contributed by atoms with Crippen LogP contribution in [0.1, 0.15) is 59.9 Å². The summed E-state index contributed by atoms with van der Waals surface area (Å²) in [7, 11) is 0. The first-order chi connectivity index (χ1) is 10.3. The van der Waals surface area contributed by atoms with E-state index in [1.54, 1.807) is 0 Å². The molecular formula is C19H30O3. The normalized spacial score (nSPS) is 13.0. The van der Waals surface area contributed by atoms with Crippen LogP contribution in [-0.2, 0) is 14.9 Å². The first-order valence-corrected chi connectivity index (χ1v) is 8.21. The molecule has 0 heterocycles. The maximum Gasteiger partial charge on any atom is 0.309 e. The Balaban J connectivity index is 2.47. The predicted octanol–water partition coefficient (Wildman–Crippen LogP) is 4.73. The predicted molar refractivity (Wildman–Crippen MR) is 90.3 cm³/mol. The van der Waals surface area contributed by atoms with Crippen molar-refractivity contribution in [2.45, 2.75) is 65.9 Å². The third-order valence-corrected chi connectivity index (χ3v) is 3.84. The minimum absolute atomic E-state index is 0.00600. The number of carbonyl (C=O) groups excluding carboxylic acids is 1. The van der Waals surface area contributed by atoms with Crippen molar-refractivity contribution in [2.24, 2.45) is 5.92 Å². The van der Waals surface area contributed by atoms with Gasteiger partial charge in [-0.1, -0.05) is 46.8 Å². The smallest absolute Gasteiger partial charge is 0.309 e. The van der Waals surface area contributed by atoms with Crippen LogP contribution in [0.15, 0.2) is 24.3 Å². The van der Waals surface area contributed by atoms with Gasteiger partial charge >= 0.3 is 5.97 Å². The summed E-state index contributed by atoms with van der Waals surface area (Å²) in [5, 5.41) is 0. The van der Waals surface area contributed by atoms with Crippen LogP contribution in [-0.4, -0.2) is 18.7 Å². The molecule has 0 saturated heterocycles. The Bertz CT molecular complexity index is 453. The Morgan fingerprint density at radius 1 is 1.09 bits per heavy atom. The lowest BCUT2D eigenvalue weighted by Crippen LogP contribution is -2.26. The summed E-state index contributed by atoms with van der Waals surface area (Å²) < 4.78 is 11.1. The number of hydrogen-bond donors (Lipinski definition) is 0. The van der Waals surface area contributed by atoms with Gasteiger partial charge in [0.1, 0.15) is 18.5 Å². The van der Waals surface area contributed by atoms with Crippen molar-refractivity contribution in [2.75, 3.05) is 6.61 Å². The van der Waals surface area contributed by atoms with Gasteiger partial charge in [0.2, 0.25) is 0 Å². The van der Waals surface area contributed by atoms with Crippen molar-refractivity contribution >= 4 is 5.97 Å². The largest absolute Gasteiger partial charge is 0.490 e.